The van der Waals surface area contributed by atoms with Crippen LogP contribution >= 0.6 is 0 Å². The van der Waals surface area contributed by atoms with E-state index < -0.39 is 5.60 Å². The third-order valence-electron chi connectivity index (χ3n) is 9.41. The molecular weight excluding hydrogens is 356 g/mol. The SMILES string of the molecule is C[C@]12CC[C@@H]3[C@H](CC=C4C[C@H](O)CC[C@@]43CO)[C@@]1(O)CC[C@@H]2C1=CC(=O)OC1. The molecule has 0 aromatic carbocycles. The highest BCUT2D eigenvalue weighted by Gasteiger charge is 2.67. The number of aliphatic hydroxyl groups is 3. The number of carbonyl (C=O) groups is 1. The summed E-state index contributed by atoms with van der Waals surface area (Å²) in [6.45, 7) is 2.68. The van der Waals surface area contributed by atoms with Gasteiger partial charge in [0.1, 0.15) is 6.61 Å². The number of aliphatic hydroxyl groups excluding tert-OH is 2. The molecule has 0 radical (unpaired) electrons. The monoisotopic (exact) mass is 388 g/mol. The van der Waals surface area contributed by atoms with E-state index >= 15 is 0 Å². The summed E-state index contributed by atoms with van der Waals surface area (Å²) in [6.07, 6.45) is 10.1. The van der Waals surface area contributed by atoms with Crippen molar-refractivity contribution in [3.05, 3.63) is 23.3 Å². The van der Waals surface area contributed by atoms with E-state index in [1.807, 2.05) is 0 Å². The molecule has 0 aromatic heterocycles. The number of hydrogen-bond donors (Lipinski definition) is 3. The van der Waals surface area contributed by atoms with Crippen molar-refractivity contribution in [1.82, 2.24) is 0 Å². The van der Waals surface area contributed by atoms with E-state index in [1.165, 1.54) is 5.57 Å². The molecule has 5 rings (SSSR count). The van der Waals surface area contributed by atoms with Crippen molar-refractivity contribution in [3.8, 4) is 0 Å². The van der Waals surface area contributed by atoms with Gasteiger partial charge in [-0.1, -0.05) is 18.6 Å². The molecule has 3 fully saturated rings. The van der Waals surface area contributed by atoms with Crippen molar-refractivity contribution in [2.45, 2.75) is 70.0 Å². The minimum absolute atomic E-state index is 0.108. The van der Waals surface area contributed by atoms with Crippen molar-refractivity contribution in [3.63, 3.8) is 0 Å². The molecule has 1 heterocycles. The highest BCUT2D eigenvalue weighted by molar-refractivity contribution is 5.85. The van der Waals surface area contributed by atoms with Gasteiger partial charge in [0.25, 0.3) is 0 Å². The third-order valence-corrected chi connectivity index (χ3v) is 9.41. The normalized spacial score (nSPS) is 50.2. The van der Waals surface area contributed by atoms with E-state index in [9.17, 15) is 20.1 Å². The lowest BCUT2D eigenvalue weighted by Gasteiger charge is -2.61. The fraction of sp³-hybridized carbons (Fsp3) is 0.783. The summed E-state index contributed by atoms with van der Waals surface area (Å²) >= 11 is 0. The van der Waals surface area contributed by atoms with E-state index in [1.54, 1.807) is 6.08 Å². The van der Waals surface area contributed by atoms with E-state index in [-0.39, 0.29) is 47.3 Å². The second kappa shape index (κ2) is 6.16. The number of rotatable bonds is 2. The molecule has 4 aliphatic carbocycles. The summed E-state index contributed by atoms with van der Waals surface area (Å²) < 4.78 is 5.18. The average molecular weight is 389 g/mol. The number of esters is 1. The summed E-state index contributed by atoms with van der Waals surface area (Å²) in [4.78, 5) is 11.6. The predicted molar refractivity (Wildman–Crippen MR) is 103 cm³/mol. The fourth-order valence-electron chi connectivity index (χ4n) is 7.89. The number of allylic oxidation sites excluding steroid dienone is 1. The Kier molecular flexibility index (Phi) is 4.15. The van der Waals surface area contributed by atoms with Crippen LogP contribution in [0.25, 0.3) is 0 Å². The van der Waals surface area contributed by atoms with Crippen LogP contribution in [0.4, 0.5) is 0 Å². The molecule has 3 saturated carbocycles. The molecule has 5 aliphatic rings. The van der Waals surface area contributed by atoms with Gasteiger partial charge in [-0.15, -0.1) is 0 Å². The van der Waals surface area contributed by atoms with Crippen LogP contribution in [0, 0.1) is 28.6 Å². The van der Waals surface area contributed by atoms with Gasteiger partial charge in [0.15, 0.2) is 0 Å². The summed E-state index contributed by atoms with van der Waals surface area (Å²) in [5.41, 5.74) is 0.946. The zero-order valence-corrected chi connectivity index (χ0v) is 16.7. The number of carbonyl (C=O) groups excluding carboxylic acids is 1. The predicted octanol–water partition coefficient (Wildman–Crippen LogP) is 2.50. The first-order valence-electron chi connectivity index (χ1n) is 10.9. The van der Waals surface area contributed by atoms with Gasteiger partial charge in [0.2, 0.25) is 0 Å². The molecule has 0 saturated heterocycles. The van der Waals surface area contributed by atoms with Gasteiger partial charge < -0.3 is 20.1 Å². The van der Waals surface area contributed by atoms with Gasteiger partial charge in [0, 0.05) is 16.9 Å². The van der Waals surface area contributed by atoms with Crippen molar-refractivity contribution in [1.29, 1.82) is 0 Å². The highest BCUT2D eigenvalue weighted by Crippen LogP contribution is 2.68. The third kappa shape index (κ3) is 2.27. The molecule has 154 valence electrons. The zero-order valence-electron chi connectivity index (χ0n) is 16.7. The lowest BCUT2D eigenvalue weighted by Crippen LogP contribution is -2.61. The van der Waals surface area contributed by atoms with Gasteiger partial charge in [-0.05, 0) is 74.7 Å². The molecule has 28 heavy (non-hydrogen) atoms. The maximum atomic E-state index is 12.1. The Hall–Kier alpha value is -1.17. The summed E-state index contributed by atoms with van der Waals surface area (Å²) in [5, 5.41) is 32.7. The second-order valence-electron chi connectivity index (χ2n) is 10.2. The fourth-order valence-corrected chi connectivity index (χ4v) is 7.89. The van der Waals surface area contributed by atoms with Crippen molar-refractivity contribution >= 4 is 5.97 Å². The molecule has 0 amide bonds. The van der Waals surface area contributed by atoms with Crippen LogP contribution in [-0.2, 0) is 9.53 Å². The van der Waals surface area contributed by atoms with Gasteiger partial charge >= 0.3 is 5.97 Å². The Balaban J connectivity index is 1.52. The van der Waals surface area contributed by atoms with Crippen LogP contribution < -0.4 is 0 Å². The van der Waals surface area contributed by atoms with E-state index in [4.69, 9.17) is 4.74 Å². The van der Waals surface area contributed by atoms with E-state index in [0.29, 0.717) is 13.0 Å². The second-order valence-corrected chi connectivity index (χ2v) is 10.2. The van der Waals surface area contributed by atoms with E-state index in [2.05, 4.69) is 13.0 Å². The van der Waals surface area contributed by atoms with Gasteiger partial charge in [0.05, 0.1) is 18.3 Å². The molecule has 0 bridgehead atoms. The Labute approximate surface area is 166 Å². The first kappa shape index (κ1) is 18.8. The Bertz CT molecular complexity index is 756. The first-order valence-corrected chi connectivity index (χ1v) is 10.9. The molecule has 0 unspecified atom stereocenters. The Morgan fingerprint density at radius 3 is 2.71 bits per heavy atom. The average Bonchev–Trinajstić information content (AvgIpc) is 3.22. The zero-order chi connectivity index (χ0) is 19.7. The van der Waals surface area contributed by atoms with Crippen LogP contribution in [0.5, 0.6) is 0 Å². The number of ether oxygens (including phenoxy) is 1. The van der Waals surface area contributed by atoms with E-state index in [0.717, 1.165) is 50.5 Å². The maximum Gasteiger partial charge on any atom is 0.331 e. The van der Waals surface area contributed by atoms with Gasteiger partial charge in [-0.3, -0.25) is 0 Å². The molecule has 0 spiro atoms. The van der Waals surface area contributed by atoms with Crippen LogP contribution in [0.3, 0.4) is 0 Å². The molecule has 3 N–H and O–H groups in total. The Morgan fingerprint density at radius 1 is 1.18 bits per heavy atom. The molecule has 5 nitrogen and oxygen atoms in total. The van der Waals surface area contributed by atoms with Gasteiger partial charge in [-0.25, -0.2) is 4.79 Å². The molecule has 7 atom stereocenters. The van der Waals surface area contributed by atoms with Crippen LogP contribution in [-0.4, -0.2) is 46.2 Å². The molecule has 0 aromatic rings. The standard InChI is InChI=1S/C23H32O5/c1-21-7-5-18-19(3-2-15-11-16(25)4-8-22(15,18)13-24)23(21,27)9-6-17(21)14-10-20(26)28-12-14/h2,10,16-19,24-25,27H,3-9,11-13H2,1H3/t16-,17-,18-,19+,21-,22-,23+/m1/s1. The maximum absolute atomic E-state index is 12.1. The molecule has 5 heteroatoms. The van der Waals surface area contributed by atoms with Crippen molar-refractivity contribution < 1.29 is 24.9 Å². The lowest BCUT2D eigenvalue weighted by atomic mass is 9.45. The van der Waals surface area contributed by atoms with Gasteiger partial charge in [-0.2, -0.15) is 0 Å². The Morgan fingerprint density at radius 2 is 2.00 bits per heavy atom. The van der Waals surface area contributed by atoms with Crippen LogP contribution in [0.1, 0.15) is 58.3 Å². The molecular formula is C23H32O5. The first-order chi connectivity index (χ1) is 13.3. The summed E-state index contributed by atoms with van der Waals surface area (Å²) in [5.74, 6) is 0.319. The summed E-state index contributed by atoms with van der Waals surface area (Å²) in [7, 11) is 0. The minimum atomic E-state index is -0.784. The largest absolute Gasteiger partial charge is 0.458 e. The topological polar surface area (TPSA) is 87.0 Å². The quantitative estimate of drug-likeness (QED) is 0.500. The van der Waals surface area contributed by atoms with Crippen molar-refractivity contribution in [2.24, 2.45) is 28.6 Å². The number of hydrogen-bond acceptors (Lipinski definition) is 5. The van der Waals surface area contributed by atoms with Crippen LogP contribution in [0.2, 0.25) is 0 Å². The summed E-state index contributed by atoms with van der Waals surface area (Å²) in [6, 6.07) is 0. The van der Waals surface area contributed by atoms with Crippen molar-refractivity contribution in [2.75, 3.05) is 13.2 Å². The number of fused-ring (bicyclic) bond motifs is 5. The van der Waals surface area contributed by atoms with Crippen LogP contribution in [0.15, 0.2) is 23.3 Å². The molecule has 1 aliphatic heterocycles. The lowest BCUT2D eigenvalue weighted by molar-refractivity contribution is -0.183. The highest BCUT2D eigenvalue weighted by atomic mass is 16.5. The minimum Gasteiger partial charge on any atom is -0.458 e. The smallest absolute Gasteiger partial charge is 0.331 e. The number of cyclic esters (lactones) is 1.